The second-order valence-corrected chi connectivity index (χ2v) is 12.7. The summed E-state index contributed by atoms with van der Waals surface area (Å²) in [6.45, 7) is 0. The Morgan fingerprint density at radius 1 is 0.653 bits per heavy atom. The van der Waals surface area contributed by atoms with E-state index in [1.807, 2.05) is 24.3 Å². The summed E-state index contributed by atoms with van der Waals surface area (Å²) >= 11 is 0. The van der Waals surface area contributed by atoms with Gasteiger partial charge in [0, 0.05) is 67.1 Å². The fourth-order valence-corrected chi connectivity index (χ4v) is 7.78. The molecule has 2 aliphatic carbocycles. The van der Waals surface area contributed by atoms with Crippen LogP contribution in [0, 0.1) is 0 Å². The molecule has 0 unspecified atom stereocenters. The van der Waals surface area contributed by atoms with Crippen molar-refractivity contribution in [2.75, 3.05) is 4.90 Å². The van der Waals surface area contributed by atoms with Gasteiger partial charge in [0.25, 0.3) is 0 Å². The number of para-hydroxylation sites is 3. The monoisotopic (exact) mass is 626 g/mol. The molecule has 3 heteroatoms. The van der Waals surface area contributed by atoms with Crippen molar-refractivity contribution >= 4 is 66.6 Å². The molecule has 0 spiro atoms. The number of allylic oxidation sites excluding steroid dienone is 5. The number of anilines is 2. The van der Waals surface area contributed by atoms with Crippen LogP contribution in [-0.2, 0) is 6.42 Å². The van der Waals surface area contributed by atoms with Crippen LogP contribution in [0.2, 0.25) is 0 Å². The maximum Gasteiger partial charge on any atom is 0.137 e. The number of hydrogen-bond donors (Lipinski definition) is 0. The molecule has 230 valence electrons. The number of aromatic nitrogens is 1. The van der Waals surface area contributed by atoms with Crippen LogP contribution < -0.4 is 4.90 Å². The van der Waals surface area contributed by atoms with E-state index < -0.39 is 0 Å². The van der Waals surface area contributed by atoms with Crippen LogP contribution in [0.15, 0.2) is 173 Å². The van der Waals surface area contributed by atoms with E-state index in [2.05, 4.69) is 154 Å². The minimum atomic E-state index is 0.866. The fourth-order valence-electron chi connectivity index (χ4n) is 7.78. The molecule has 2 aliphatic rings. The minimum Gasteiger partial charge on any atom is -0.456 e. The lowest BCUT2D eigenvalue weighted by atomic mass is 9.95. The fraction of sp³-hybridized carbons (Fsp3) is 0.0435. The third kappa shape index (κ3) is 4.39. The van der Waals surface area contributed by atoms with Gasteiger partial charge in [0.15, 0.2) is 0 Å². The maximum absolute atomic E-state index is 6.43. The Balaban J connectivity index is 1.24. The molecule has 0 bridgehead atoms. The predicted molar refractivity (Wildman–Crippen MR) is 204 cm³/mol. The van der Waals surface area contributed by atoms with Crippen molar-refractivity contribution in [3.8, 4) is 5.69 Å². The molecule has 0 saturated carbocycles. The standard InChI is InChI=1S/C46H30N2O/c1-3-13-31(14-4-1)36-18-9-11-21-42(36)47(35-24-27-39-38-20-10-12-22-44(38)49-45(39)30-35)34-25-28-43-41(29-34)40-26-23-32-15-7-8-19-37(32)46(40)48(43)33-16-5-2-6-17-33/h1-3,5-13,15-24,26-27,29-30H,25,28H2. The molecule has 6 aromatic carbocycles. The second kappa shape index (κ2) is 11.0. The van der Waals surface area contributed by atoms with E-state index in [1.165, 1.54) is 44.3 Å². The Bertz CT molecular complexity index is 2790. The first-order valence-electron chi connectivity index (χ1n) is 16.8. The molecule has 49 heavy (non-hydrogen) atoms. The van der Waals surface area contributed by atoms with Crippen molar-refractivity contribution in [1.82, 2.24) is 4.57 Å². The van der Waals surface area contributed by atoms with E-state index >= 15 is 0 Å². The number of rotatable bonds is 5. The van der Waals surface area contributed by atoms with E-state index in [1.54, 1.807) is 0 Å². The number of hydrogen-bond acceptors (Lipinski definition) is 2. The molecule has 0 radical (unpaired) electrons. The average Bonchev–Trinajstić information content (AvgIpc) is 3.71. The molecule has 0 amide bonds. The molecule has 0 fully saturated rings. The first-order chi connectivity index (χ1) is 24.3. The highest BCUT2D eigenvalue weighted by Gasteiger charge is 2.27. The average molecular weight is 627 g/mol. The van der Waals surface area contributed by atoms with Crippen molar-refractivity contribution < 1.29 is 4.42 Å². The number of benzene rings is 6. The van der Waals surface area contributed by atoms with Gasteiger partial charge in [-0.3, -0.25) is 0 Å². The summed E-state index contributed by atoms with van der Waals surface area (Å²) in [7, 11) is 0. The zero-order valence-corrected chi connectivity index (χ0v) is 26.7. The van der Waals surface area contributed by atoms with Gasteiger partial charge < -0.3 is 13.9 Å². The van der Waals surface area contributed by atoms with Gasteiger partial charge in [-0.1, -0.05) is 109 Å². The van der Waals surface area contributed by atoms with Crippen LogP contribution in [0.3, 0.4) is 0 Å². The topological polar surface area (TPSA) is 21.3 Å². The smallest absolute Gasteiger partial charge is 0.137 e. The Hall–Kier alpha value is -6.50. The molecule has 0 N–H and O–H groups in total. The van der Waals surface area contributed by atoms with Crippen LogP contribution >= 0.6 is 0 Å². The van der Waals surface area contributed by atoms with E-state index in [0.717, 1.165) is 57.3 Å². The molecule has 2 heterocycles. The van der Waals surface area contributed by atoms with Crippen LogP contribution in [0.1, 0.15) is 23.2 Å². The quantitative estimate of drug-likeness (QED) is 0.177. The normalized spacial score (nSPS) is 13.7. The van der Waals surface area contributed by atoms with Crippen molar-refractivity contribution in [1.29, 1.82) is 0 Å². The van der Waals surface area contributed by atoms with Crippen LogP contribution in [0.5, 0.6) is 0 Å². The summed E-state index contributed by atoms with van der Waals surface area (Å²) in [6, 6.07) is 47.7. The van der Waals surface area contributed by atoms with Gasteiger partial charge in [0.1, 0.15) is 11.2 Å². The van der Waals surface area contributed by atoms with Gasteiger partial charge in [0.05, 0.1) is 11.2 Å². The Labute approximate surface area is 283 Å². The van der Waals surface area contributed by atoms with Gasteiger partial charge >= 0.3 is 0 Å². The summed E-state index contributed by atoms with van der Waals surface area (Å²) in [6.07, 6.45) is 10.2. The summed E-state index contributed by atoms with van der Waals surface area (Å²) in [5.41, 5.74) is 18.9. The van der Waals surface area contributed by atoms with Crippen LogP contribution in [0.25, 0.3) is 61.0 Å². The van der Waals surface area contributed by atoms with Gasteiger partial charge in [-0.2, -0.15) is 0 Å². The third-order valence-corrected chi connectivity index (χ3v) is 9.93. The summed E-state index contributed by atoms with van der Waals surface area (Å²) in [5, 5.41) is 6.03. The number of fused-ring (bicyclic) bond motifs is 8. The van der Waals surface area contributed by atoms with E-state index in [0.29, 0.717) is 0 Å². The predicted octanol–water partition coefficient (Wildman–Crippen LogP) is 12.1. The first kappa shape index (κ1) is 27.6. The lowest BCUT2D eigenvalue weighted by Gasteiger charge is -2.32. The highest BCUT2D eigenvalue weighted by Crippen LogP contribution is 2.45. The highest BCUT2D eigenvalue weighted by atomic mass is 16.3. The molecule has 2 aromatic heterocycles. The molecular weight excluding hydrogens is 597 g/mol. The van der Waals surface area contributed by atoms with Crippen molar-refractivity contribution in [2.45, 2.75) is 12.8 Å². The van der Waals surface area contributed by atoms with Crippen LogP contribution in [0.4, 0.5) is 11.4 Å². The van der Waals surface area contributed by atoms with E-state index in [9.17, 15) is 0 Å². The molecule has 10 rings (SSSR count). The Morgan fingerprint density at radius 3 is 2.33 bits per heavy atom. The van der Waals surface area contributed by atoms with E-state index in [-0.39, 0.29) is 0 Å². The first-order valence-corrected chi connectivity index (χ1v) is 16.8. The van der Waals surface area contributed by atoms with Gasteiger partial charge in [0.2, 0.25) is 0 Å². The van der Waals surface area contributed by atoms with Crippen molar-refractivity contribution in [3.05, 3.63) is 186 Å². The molecule has 8 aromatic rings. The maximum atomic E-state index is 6.43. The third-order valence-electron chi connectivity index (χ3n) is 9.93. The molecule has 3 nitrogen and oxygen atoms in total. The van der Waals surface area contributed by atoms with Crippen molar-refractivity contribution in [3.63, 3.8) is 0 Å². The van der Waals surface area contributed by atoms with Crippen molar-refractivity contribution in [2.24, 2.45) is 0 Å². The summed E-state index contributed by atoms with van der Waals surface area (Å²) < 4.78 is 8.92. The van der Waals surface area contributed by atoms with Gasteiger partial charge in [-0.15, -0.1) is 0 Å². The highest BCUT2D eigenvalue weighted by molar-refractivity contribution is 6.11. The lowest BCUT2D eigenvalue weighted by Crippen LogP contribution is -2.20. The van der Waals surface area contributed by atoms with Gasteiger partial charge in [-0.25, -0.2) is 0 Å². The Kier molecular flexibility index (Phi) is 6.22. The SMILES string of the molecule is C1=C=C(c2ccccc2N(C2=Cc3c(n(-c4ccccc4)c4c3ccc3ccccc34)CC2)c2ccc3c(c2)oc2ccccc23)C=CC=1. The van der Waals surface area contributed by atoms with Gasteiger partial charge in [-0.05, 0) is 72.9 Å². The summed E-state index contributed by atoms with van der Waals surface area (Å²) in [4.78, 5) is 2.43. The summed E-state index contributed by atoms with van der Waals surface area (Å²) in [5.74, 6) is 0. The van der Waals surface area contributed by atoms with E-state index in [4.69, 9.17) is 4.42 Å². The zero-order valence-electron chi connectivity index (χ0n) is 26.7. The minimum absolute atomic E-state index is 0.866. The van der Waals surface area contributed by atoms with Crippen LogP contribution in [-0.4, -0.2) is 4.57 Å². The largest absolute Gasteiger partial charge is 0.456 e. The molecular formula is C46H30N2O. The second-order valence-electron chi connectivity index (χ2n) is 12.7. The number of furan rings is 1. The molecule has 0 saturated heterocycles. The molecule has 0 aliphatic heterocycles. The number of nitrogens with zero attached hydrogens (tertiary/aromatic N) is 2. The zero-order chi connectivity index (χ0) is 32.3. The lowest BCUT2D eigenvalue weighted by molar-refractivity contribution is 0.669. The molecule has 0 atom stereocenters. The Morgan fingerprint density at radius 2 is 1.43 bits per heavy atom.